The highest BCUT2D eigenvalue weighted by atomic mass is 32.1. The molecule has 1 N–H and O–H groups in total. The number of carbonyl (C=O) groups excluding carboxylic acids is 1. The number of hydrogen-bond donors (Lipinski definition) is 1. The van der Waals surface area contributed by atoms with Gasteiger partial charge in [0, 0.05) is 18.0 Å². The molecule has 0 radical (unpaired) electrons. The molecule has 28 heavy (non-hydrogen) atoms. The topological polar surface area (TPSA) is 85.6 Å². The minimum Gasteiger partial charge on any atom is -0.296 e. The highest BCUT2D eigenvalue weighted by Gasteiger charge is 2.13. The number of benzene rings is 1. The first-order chi connectivity index (χ1) is 13.6. The van der Waals surface area contributed by atoms with E-state index in [1.807, 2.05) is 35.0 Å². The molecule has 0 aliphatic heterocycles. The van der Waals surface area contributed by atoms with Gasteiger partial charge in [0.1, 0.15) is 5.01 Å². The SMILES string of the molecule is CC(C)Cc1nnc(NC(=O)c2cnc3c(cnn3Cc3ccccc3)c2)s1. The molecule has 3 heterocycles. The van der Waals surface area contributed by atoms with E-state index in [-0.39, 0.29) is 5.91 Å². The lowest BCUT2D eigenvalue weighted by Gasteiger charge is -2.04. The Morgan fingerprint density at radius 2 is 2.00 bits per heavy atom. The predicted octanol–water partition coefficient (Wildman–Crippen LogP) is 3.78. The molecule has 142 valence electrons. The summed E-state index contributed by atoms with van der Waals surface area (Å²) in [7, 11) is 0. The Balaban J connectivity index is 1.50. The molecule has 0 spiro atoms. The summed E-state index contributed by atoms with van der Waals surface area (Å²) in [6.07, 6.45) is 4.15. The average Bonchev–Trinajstić information content (AvgIpc) is 3.28. The van der Waals surface area contributed by atoms with E-state index in [4.69, 9.17) is 0 Å². The van der Waals surface area contributed by atoms with E-state index in [1.165, 1.54) is 11.3 Å². The number of amides is 1. The molecule has 4 rings (SSSR count). The number of aromatic nitrogens is 5. The van der Waals surface area contributed by atoms with Gasteiger partial charge in [0.15, 0.2) is 5.65 Å². The maximum Gasteiger partial charge on any atom is 0.259 e. The summed E-state index contributed by atoms with van der Waals surface area (Å²) in [4.78, 5) is 17.0. The van der Waals surface area contributed by atoms with Crippen LogP contribution in [0.25, 0.3) is 11.0 Å². The number of anilines is 1. The summed E-state index contributed by atoms with van der Waals surface area (Å²) >= 11 is 1.40. The molecule has 0 atom stereocenters. The zero-order valence-corrected chi connectivity index (χ0v) is 16.5. The van der Waals surface area contributed by atoms with Crippen LogP contribution in [0.1, 0.15) is 34.8 Å². The Hall–Kier alpha value is -3.13. The number of carbonyl (C=O) groups is 1. The van der Waals surface area contributed by atoms with Crippen molar-refractivity contribution in [1.82, 2.24) is 25.0 Å². The molecular weight excluding hydrogens is 372 g/mol. The molecular formula is C20H20N6OS. The Morgan fingerprint density at radius 3 is 2.79 bits per heavy atom. The number of pyridine rings is 1. The van der Waals surface area contributed by atoms with E-state index in [0.717, 1.165) is 28.0 Å². The molecule has 0 unspecified atom stereocenters. The van der Waals surface area contributed by atoms with Gasteiger partial charge >= 0.3 is 0 Å². The summed E-state index contributed by atoms with van der Waals surface area (Å²) in [5, 5.41) is 17.6. The highest BCUT2D eigenvalue weighted by Crippen LogP contribution is 2.20. The van der Waals surface area contributed by atoms with Gasteiger partial charge in [0.05, 0.1) is 18.3 Å². The van der Waals surface area contributed by atoms with E-state index >= 15 is 0 Å². The van der Waals surface area contributed by atoms with Gasteiger partial charge in [-0.15, -0.1) is 10.2 Å². The van der Waals surface area contributed by atoms with Crippen molar-refractivity contribution in [3.05, 3.63) is 64.9 Å². The van der Waals surface area contributed by atoms with Crippen molar-refractivity contribution in [3.8, 4) is 0 Å². The van der Waals surface area contributed by atoms with E-state index in [1.54, 1.807) is 18.5 Å². The normalized spacial score (nSPS) is 11.2. The van der Waals surface area contributed by atoms with Gasteiger partial charge in [-0.3, -0.25) is 10.1 Å². The van der Waals surface area contributed by atoms with E-state index in [2.05, 4.69) is 39.4 Å². The van der Waals surface area contributed by atoms with Crippen LogP contribution in [0.3, 0.4) is 0 Å². The van der Waals surface area contributed by atoms with Gasteiger partial charge in [0.2, 0.25) is 5.13 Å². The van der Waals surface area contributed by atoms with Crippen molar-refractivity contribution in [2.24, 2.45) is 5.92 Å². The Labute approximate surface area is 166 Å². The second-order valence-corrected chi connectivity index (χ2v) is 8.04. The molecule has 0 fully saturated rings. The van der Waals surface area contributed by atoms with Gasteiger partial charge in [-0.1, -0.05) is 55.5 Å². The van der Waals surface area contributed by atoms with Crippen LogP contribution in [-0.2, 0) is 13.0 Å². The quantitative estimate of drug-likeness (QED) is 0.540. The molecule has 0 aliphatic rings. The lowest BCUT2D eigenvalue weighted by atomic mass is 10.1. The number of nitrogens with zero attached hydrogens (tertiary/aromatic N) is 5. The molecule has 1 amide bonds. The van der Waals surface area contributed by atoms with Crippen LogP contribution in [0, 0.1) is 5.92 Å². The molecule has 4 aromatic rings. The molecule has 0 bridgehead atoms. The molecule has 8 heteroatoms. The molecule has 1 aromatic carbocycles. The van der Waals surface area contributed by atoms with Crippen molar-refractivity contribution in [3.63, 3.8) is 0 Å². The first-order valence-corrected chi connectivity index (χ1v) is 9.89. The van der Waals surface area contributed by atoms with E-state index < -0.39 is 0 Å². The van der Waals surface area contributed by atoms with Crippen LogP contribution in [0.4, 0.5) is 5.13 Å². The first kappa shape index (κ1) is 18.2. The van der Waals surface area contributed by atoms with Crippen LogP contribution < -0.4 is 5.32 Å². The van der Waals surface area contributed by atoms with Crippen molar-refractivity contribution < 1.29 is 4.79 Å². The van der Waals surface area contributed by atoms with Gasteiger partial charge in [-0.25, -0.2) is 9.67 Å². The minimum atomic E-state index is -0.252. The summed E-state index contributed by atoms with van der Waals surface area (Å²) in [5.41, 5.74) is 2.35. The van der Waals surface area contributed by atoms with Crippen LogP contribution in [0.5, 0.6) is 0 Å². The number of rotatable bonds is 6. The van der Waals surface area contributed by atoms with Crippen molar-refractivity contribution in [1.29, 1.82) is 0 Å². The molecule has 7 nitrogen and oxygen atoms in total. The zero-order chi connectivity index (χ0) is 19.5. The van der Waals surface area contributed by atoms with Crippen LogP contribution in [-0.4, -0.2) is 30.9 Å². The number of nitrogens with one attached hydrogen (secondary N) is 1. The summed E-state index contributed by atoms with van der Waals surface area (Å²) in [5.74, 6) is 0.244. The predicted molar refractivity (Wildman–Crippen MR) is 109 cm³/mol. The van der Waals surface area contributed by atoms with Crippen molar-refractivity contribution in [2.45, 2.75) is 26.8 Å². The maximum atomic E-state index is 12.5. The third kappa shape index (κ3) is 4.07. The monoisotopic (exact) mass is 392 g/mol. The minimum absolute atomic E-state index is 0.252. The summed E-state index contributed by atoms with van der Waals surface area (Å²) in [6.45, 7) is 4.88. The Bertz CT molecular complexity index is 1100. The Morgan fingerprint density at radius 1 is 1.18 bits per heavy atom. The smallest absolute Gasteiger partial charge is 0.259 e. The summed E-state index contributed by atoms with van der Waals surface area (Å²) in [6, 6.07) is 11.9. The number of fused-ring (bicyclic) bond motifs is 1. The fourth-order valence-corrected chi connectivity index (χ4v) is 3.82. The lowest BCUT2D eigenvalue weighted by molar-refractivity contribution is 0.102. The second kappa shape index (κ2) is 7.85. The third-order valence-electron chi connectivity index (χ3n) is 4.18. The van der Waals surface area contributed by atoms with Gasteiger partial charge in [-0.05, 0) is 17.5 Å². The van der Waals surface area contributed by atoms with E-state index in [0.29, 0.717) is 23.2 Å². The maximum absolute atomic E-state index is 12.5. The highest BCUT2D eigenvalue weighted by molar-refractivity contribution is 7.15. The van der Waals surface area contributed by atoms with Gasteiger partial charge < -0.3 is 0 Å². The summed E-state index contributed by atoms with van der Waals surface area (Å²) < 4.78 is 1.83. The van der Waals surface area contributed by atoms with Gasteiger partial charge in [0.25, 0.3) is 5.91 Å². The third-order valence-corrected chi connectivity index (χ3v) is 5.04. The molecule has 0 aliphatic carbocycles. The van der Waals surface area contributed by atoms with Crippen molar-refractivity contribution in [2.75, 3.05) is 5.32 Å². The fraction of sp³-hybridized carbons (Fsp3) is 0.250. The van der Waals surface area contributed by atoms with Gasteiger partial charge in [-0.2, -0.15) is 5.10 Å². The first-order valence-electron chi connectivity index (χ1n) is 9.07. The van der Waals surface area contributed by atoms with E-state index in [9.17, 15) is 4.79 Å². The molecule has 0 saturated carbocycles. The standard InChI is InChI=1S/C20H20N6OS/c1-13(2)8-17-24-25-20(28-17)23-19(27)16-9-15-11-22-26(18(15)21-10-16)12-14-6-4-3-5-7-14/h3-7,9-11,13H,8,12H2,1-2H3,(H,23,25,27). The zero-order valence-electron chi connectivity index (χ0n) is 15.7. The fourth-order valence-electron chi connectivity index (χ4n) is 2.87. The Kier molecular flexibility index (Phi) is 5.12. The average molecular weight is 392 g/mol. The van der Waals surface area contributed by atoms with Crippen LogP contribution >= 0.6 is 11.3 Å². The molecule has 0 saturated heterocycles. The number of hydrogen-bond acceptors (Lipinski definition) is 6. The largest absolute Gasteiger partial charge is 0.296 e. The second-order valence-electron chi connectivity index (χ2n) is 6.98. The molecule has 3 aromatic heterocycles. The lowest BCUT2D eigenvalue weighted by Crippen LogP contribution is -2.12. The van der Waals surface area contributed by atoms with Crippen molar-refractivity contribution >= 4 is 33.4 Å². The van der Waals surface area contributed by atoms with Crippen LogP contribution in [0.15, 0.2) is 48.8 Å². The van der Waals surface area contributed by atoms with Crippen LogP contribution in [0.2, 0.25) is 0 Å².